The summed E-state index contributed by atoms with van der Waals surface area (Å²) in [6.07, 6.45) is -0.0864. The van der Waals surface area contributed by atoms with Gasteiger partial charge in [-0.05, 0) is 64.8 Å². The Morgan fingerprint density at radius 1 is 1.09 bits per heavy atom. The summed E-state index contributed by atoms with van der Waals surface area (Å²) in [6.45, 7) is 7.27. The number of esters is 1. The van der Waals surface area contributed by atoms with E-state index >= 15 is 0 Å². The molecule has 0 aliphatic carbocycles. The second-order valence-corrected chi connectivity index (χ2v) is 9.22. The summed E-state index contributed by atoms with van der Waals surface area (Å²) < 4.78 is 16.2. The Bertz CT molecular complexity index is 870. The van der Waals surface area contributed by atoms with Gasteiger partial charge in [0.2, 0.25) is 5.91 Å². The minimum atomic E-state index is -0.954. The molecule has 2 amide bonds. The van der Waals surface area contributed by atoms with Gasteiger partial charge < -0.3 is 29.1 Å². The Morgan fingerprint density at radius 3 is 2.21 bits per heavy atom. The summed E-state index contributed by atoms with van der Waals surface area (Å²) in [5.41, 5.74) is -0.196. The van der Waals surface area contributed by atoms with Crippen molar-refractivity contribution in [1.82, 2.24) is 9.80 Å². The number of rotatable bonds is 9. The fraction of sp³-hybridized carbons (Fsp3) is 0.583. The van der Waals surface area contributed by atoms with E-state index < -0.39 is 23.7 Å². The molecule has 10 nitrogen and oxygen atoms in total. The molecule has 0 radical (unpaired) electrons. The monoisotopic (exact) mass is 478 g/mol. The Balaban J connectivity index is 1.81. The Labute approximate surface area is 199 Å². The lowest BCUT2D eigenvalue weighted by Gasteiger charge is -2.30. The van der Waals surface area contributed by atoms with Crippen molar-refractivity contribution in [3.05, 3.63) is 29.8 Å². The number of Topliss-reactive ketones (excluding diaryl/α,β-unsaturated/α-hetero) is 1. The minimum Gasteiger partial charge on any atom is -0.482 e. The van der Waals surface area contributed by atoms with Crippen molar-refractivity contribution in [1.29, 1.82) is 0 Å². The molecule has 1 fully saturated rings. The maximum Gasteiger partial charge on any atom is 0.407 e. The summed E-state index contributed by atoms with van der Waals surface area (Å²) in [4.78, 5) is 50.7. The second-order valence-electron chi connectivity index (χ2n) is 9.22. The SMILES string of the molecule is C[C@@H](C(=O)c1ccc(OCC(=O)OC(C)(C)C)cc1)N(C)C(=O)COC1CCN(C(=O)O)CC1. The first-order valence-electron chi connectivity index (χ1n) is 11.2. The van der Waals surface area contributed by atoms with Crippen LogP contribution in [0.3, 0.4) is 0 Å². The molecule has 188 valence electrons. The molecule has 0 aromatic heterocycles. The molecule has 1 heterocycles. The number of piperidine rings is 1. The van der Waals surface area contributed by atoms with E-state index in [4.69, 9.17) is 19.3 Å². The first kappa shape index (κ1) is 27.1. The van der Waals surface area contributed by atoms with Crippen LogP contribution in [0, 0.1) is 0 Å². The smallest absolute Gasteiger partial charge is 0.407 e. The fourth-order valence-electron chi connectivity index (χ4n) is 3.37. The number of likely N-dealkylation sites (N-methyl/N-ethyl adjacent to an activating group) is 1. The number of ether oxygens (including phenoxy) is 3. The van der Waals surface area contributed by atoms with Crippen LogP contribution in [-0.2, 0) is 19.1 Å². The quantitative estimate of drug-likeness (QED) is 0.424. The highest BCUT2D eigenvalue weighted by atomic mass is 16.6. The number of ketones is 1. The van der Waals surface area contributed by atoms with Gasteiger partial charge in [0, 0.05) is 25.7 Å². The van der Waals surface area contributed by atoms with Gasteiger partial charge in [0.15, 0.2) is 12.4 Å². The molecule has 1 aromatic carbocycles. The molecule has 34 heavy (non-hydrogen) atoms. The van der Waals surface area contributed by atoms with Crippen molar-refractivity contribution in [2.75, 3.05) is 33.4 Å². The van der Waals surface area contributed by atoms with Crippen LogP contribution in [0.4, 0.5) is 4.79 Å². The number of hydrogen-bond donors (Lipinski definition) is 1. The van der Waals surface area contributed by atoms with E-state index in [9.17, 15) is 19.2 Å². The van der Waals surface area contributed by atoms with Crippen molar-refractivity contribution in [2.24, 2.45) is 0 Å². The van der Waals surface area contributed by atoms with Gasteiger partial charge in [-0.15, -0.1) is 0 Å². The average Bonchev–Trinajstić information content (AvgIpc) is 2.79. The van der Waals surface area contributed by atoms with Crippen molar-refractivity contribution < 1.29 is 38.5 Å². The molecular formula is C24H34N2O8. The van der Waals surface area contributed by atoms with Crippen LogP contribution in [0.2, 0.25) is 0 Å². The highest BCUT2D eigenvalue weighted by molar-refractivity contribution is 6.01. The van der Waals surface area contributed by atoms with Crippen molar-refractivity contribution in [2.45, 2.75) is 58.3 Å². The zero-order valence-corrected chi connectivity index (χ0v) is 20.4. The summed E-state index contributed by atoms with van der Waals surface area (Å²) in [6, 6.07) is 5.61. The molecule has 0 spiro atoms. The molecule has 0 bridgehead atoms. The maximum absolute atomic E-state index is 12.8. The van der Waals surface area contributed by atoms with Crippen LogP contribution in [0.25, 0.3) is 0 Å². The molecule has 1 aliphatic rings. The highest BCUT2D eigenvalue weighted by Gasteiger charge is 2.27. The van der Waals surface area contributed by atoms with Gasteiger partial charge in [-0.3, -0.25) is 9.59 Å². The third-order valence-electron chi connectivity index (χ3n) is 5.42. The minimum absolute atomic E-state index is 0.177. The Kier molecular flexibility index (Phi) is 9.43. The van der Waals surface area contributed by atoms with Crippen LogP contribution in [0.1, 0.15) is 50.9 Å². The molecule has 1 atom stereocenters. The maximum atomic E-state index is 12.8. The van der Waals surface area contributed by atoms with Gasteiger partial charge >= 0.3 is 12.1 Å². The number of hydrogen-bond acceptors (Lipinski definition) is 7. The van der Waals surface area contributed by atoms with Crippen LogP contribution >= 0.6 is 0 Å². The number of amides is 2. The van der Waals surface area contributed by atoms with Gasteiger partial charge in [-0.2, -0.15) is 0 Å². The van der Waals surface area contributed by atoms with Gasteiger partial charge in [0.05, 0.1) is 12.1 Å². The summed E-state index contributed by atoms with van der Waals surface area (Å²) in [5.74, 6) is -0.652. The molecule has 0 unspecified atom stereocenters. The molecule has 10 heteroatoms. The molecule has 2 rings (SSSR count). The van der Waals surface area contributed by atoms with Gasteiger partial charge in [-0.1, -0.05) is 0 Å². The van der Waals surface area contributed by atoms with E-state index in [2.05, 4.69) is 0 Å². The van der Waals surface area contributed by atoms with E-state index in [1.807, 2.05) is 0 Å². The molecule has 1 N–H and O–H groups in total. The van der Waals surface area contributed by atoms with E-state index in [1.165, 1.54) is 9.80 Å². The van der Waals surface area contributed by atoms with Crippen molar-refractivity contribution in [3.63, 3.8) is 0 Å². The zero-order valence-electron chi connectivity index (χ0n) is 20.4. The predicted octanol–water partition coefficient (Wildman–Crippen LogP) is 2.60. The van der Waals surface area contributed by atoms with Gasteiger partial charge in [0.25, 0.3) is 0 Å². The number of benzene rings is 1. The van der Waals surface area contributed by atoms with Crippen molar-refractivity contribution >= 4 is 23.8 Å². The lowest BCUT2D eigenvalue weighted by atomic mass is 10.0. The Morgan fingerprint density at radius 2 is 1.68 bits per heavy atom. The van der Waals surface area contributed by atoms with Gasteiger partial charge in [0.1, 0.15) is 18.0 Å². The normalized spacial score (nSPS) is 15.4. The van der Waals surface area contributed by atoms with Crippen LogP contribution < -0.4 is 4.74 Å². The number of carbonyl (C=O) groups excluding carboxylic acids is 3. The average molecular weight is 479 g/mol. The number of carbonyl (C=O) groups is 4. The van der Waals surface area contributed by atoms with Crippen molar-refractivity contribution in [3.8, 4) is 5.75 Å². The first-order valence-corrected chi connectivity index (χ1v) is 11.2. The number of nitrogens with zero attached hydrogens (tertiary/aromatic N) is 2. The predicted molar refractivity (Wildman–Crippen MR) is 123 cm³/mol. The van der Waals surface area contributed by atoms with E-state index in [0.29, 0.717) is 37.2 Å². The van der Waals surface area contributed by atoms with E-state index in [-0.39, 0.29) is 31.0 Å². The molecule has 1 aromatic rings. The highest BCUT2D eigenvalue weighted by Crippen LogP contribution is 2.17. The molecular weight excluding hydrogens is 444 g/mol. The number of carboxylic acid groups (broad SMARTS) is 1. The van der Waals surface area contributed by atoms with E-state index in [0.717, 1.165) is 0 Å². The summed E-state index contributed by atoms with van der Waals surface area (Å²) in [5, 5.41) is 8.99. The molecule has 0 saturated carbocycles. The lowest BCUT2D eigenvalue weighted by Crippen LogP contribution is -2.44. The largest absolute Gasteiger partial charge is 0.482 e. The van der Waals surface area contributed by atoms with E-state index in [1.54, 1.807) is 59.0 Å². The summed E-state index contributed by atoms with van der Waals surface area (Å²) in [7, 11) is 1.54. The number of likely N-dealkylation sites (tertiary alicyclic amines) is 1. The third-order valence-corrected chi connectivity index (χ3v) is 5.42. The third kappa shape index (κ3) is 8.33. The summed E-state index contributed by atoms with van der Waals surface area (Å²) >= 11 is 0. The second kappa shape index (κ2) is 11.8. The molecule has 1 aliphatic heterocycles. The van der Waals surface area contributed by atoms with Gasteiger partial charge in [-0.25, -0.2) is 9.59 Å². The lowest BCUT2D eigenvalue weighted by molar-refractivity contribution is -0.157. The standard InChI is InChI=1S/C24H34N2O8/c1-16(25(5)20(27)14-32-19-10-12-26(13-11-19)23(30)31)22(29)17-6-8-18(9-7-17)33-15-21(28)34-24(2,3)4/h6-9,16,19H,10-15H2,1-5H3,(H,30,31)/t16-/m0/s1. The van der Waals surface area contributed by atoms with Crippen LogP contribution in [0.5, 0.6) is 5.75 Å². The molecule has 1 saturated heterocycles. The topological polar surface area (TPSA) is 123 Å². The fourth-order valence-corrected chi connectivity index (χ4v) is 3.37. The Hall–Kier alpha value is -3.14. The van der Waals surface area contributed by atoms with Crippen LogP contribution in [0.15, 0.2) is 24.3 Å². The zero-order chi connectivity index (χ0) is 25.5. The van der Waals surface area contributed by atoms with Crippen LogP contribution in [-0.4, -0.2) is 89.8 Å². The first-order chi connectivity index (χ1) is 15.9.